The zero-order chi connectivity index (χ0) is 12.6. The largest absolute Gasteiger partial charge is 0.283 e. The summed E-state index contributed by atoms with van der Waals surface area (Å²) in [5.74, 6) is 0. The van der Waals surface area contributed by atoms with Crippen molar-refractivity contribution >= 4 is 10.0 Å². The van der Waals surface area contributed by atoms with Crippen LogP contribution in [-0.2, 0) is 10.0 Å². The average molecular weight is 250 g/mol. The minimum absolute atomic E-state index is 0.255. The van der Waals surface area contributed by atoms with Gasteiger partial charge in [0.1, 0.15) is 0 Å². The van der Waals surface area contributed by atoms with Gasteiger partial charge in [-0.2, -0.15) is 17.6 Å². The van der Waals surface area contributed by atoms with Gasteiger partial charge in [-0.3, -0.25) is 0 Å². The van der Waals surface area contributed by atoms with E-state index in [0.29, 0.717) is 5.69 Å². The lowest BCUT2D eigenvalue weighted by Gasteiger charge is -2.06. The number of benzene rings is 1. The highest BCUT2D eigenvalue weighted by molar-refractivity contribution is 7.89. The van der Waals surface area contributed by atoms with Crippen molar-refractivity contribution in [1.29, 1.82) is 0 Å². The van der Waals surface area contributed by atoms with Crippen LogP contribution < -0.4 is 0 Å². The van der Waals surface area contributed by atoms with E-state index in [2.05, 4.69) is 5.10 Å². The molecule has 0 aliphatic heterocycles. The minimum atomic E-state index is -3.57. The van der Waals surface area contributed by atoms with Crippen molar-refractivity contribution in [3.8, 4) is 0 Å². The van der Waals surface area contributed by atoms with E-state index >= 15 is 0 Å². The third kappa shape index (κ3) is 1.86. The second-order valence-corrected chi connectivity index (χ2v) is 5.72. The monoisotopic (exact) mass is 250 g/mol. The molecule has 5 heteroatoms. The van der Waals surface area contributed by atoms with Crippen LogP contribution in [0, 0.1) is 20.8 Å². The van der Waals surface area contributed by atoms with Gasteiger partial charge in [0.15, 0.2) is 0 Å². The molecule has 4 nitrogen and oxygen atoms in total. The molecule has 17 heavy (non-hydrogen) atoms. The fourth-order valence-electron chi connectivity index (χ4n) is 1.62. The Kier molecular flexibility index (Phi) is 2.79. The summed E-state index contributed by atoms with van der Waals surface area (Å²) in [5.41, 5.74) is 2.30. The lowest BCUT2D eigenvalue weighted by atomic mass is 10.2. The summed E-state index contributed by atoms with van der Waals surface area (Å²) in [6.45, 7) is 5.43. The van der Waals surface area contributed by atoms with Crippen LogP contribution in [0.25, 0.3) is 0 Å². The number of aromatic nitrogens is 2. The molecule has 90 valence electrons. The summed E-state index contributed by atoms with van der Waals surface area (Å²) in [4.78, 5) is 0.255. The van der Waals surface area contributed by atoms with Gasteiger partial charge in [0.25, 0.3) is 10.0 Å². The highest BCUT2D eigenvalue weighted by Crippen LogP contribution is 2.18. The molecule has 0 saturated heterocycles. The topological polar surface area (TPSA) is 52.0 Å². The van der Waals surface area contributed by atoms with E-state index in [4.69, 9.17) is 0 Å². The first kappa shape index (κ1) is 11.9. The molecule has 0 radical (unpaired) electrons. The van der Waals surface area contributed by atoms with Crippen molar-refractivity contribution in [3.05, 3.63) is 47.3 Å². The van der Waals surface area contributed by atoms with E-state index in [1.807, 2.05) is 6.92 Å². The van der Waals surface area contributed by atoms with Crippen LogP contribution in [-0.4, -0.2) is 17.6 Å². The summed E-state index contributed by atoms with van der Waals surface area (Å²) >= 11 is 0. The van der Waals surface area contributed by atoms with E-state index in [0.717, 1.165) is 15.3 Å². The molecule has 0 amide bonds. The van der Waals surface area contributed by atoms with Crippen LogP contribution in [0.2, 0.25) is 0 Å². The van der Waals surface area contributed by atoms with Gasteiger partial charge >= 0.3 is 0 Å². The Labute approximate surface area is 101 Å². The Morgan fingerprint density at radius 1 is 1.06 bits per heavy atom. The van der Waals surface area contributed by atoms with Gasteiger partial charge in [-0.1, -0.05) is 18.2 Å². The zero-order valence-electron chi connectivity index (χ0n) is 10.0. The number of hydrogen-bond acceptors (Lipinski definition) is 3. The molecule has 0 bridgehead atoms. The Bertz CT molecular complexity index is 643. The quantitative estimate of drug-likeness (QED) is 0.819. The fourth-order valence-corrected chi connectivity index (χ4v) is 3.05. The maximum Gasteiger partial charge on any atom is 0.283 e. The molecule has 1 aromatic heterocycles. The minimum Gasteiger partial charge on any atom is -0.199 e. The molecule has 0 spiro atoms. The van der Waals surface area contributed by atoms with Gasteiger partial charge in [-0.25, -0.2) is 0 Å². The van der Waals surface area contributed by atoms with Crippen LogP contribution in [0.15, 0.2) is 35.2 Å². The van der Waals surface area contributed by atoms with E-state index in [1.54, 1.807) is 44.2 Å². The molecule has 0 aliphatic carbocycles. The van der Waals surface area contributed by atoms with Crippen LogP contribution in [0.4, 0.5) is 0 Å². The number of nitrogens with zero attached hydrogens (tertiary/aromatic N) is 2. The number of rotatable bonds is 2. The molecule has 0 unspecified atom stereocenters. The van der Waals surface area contributed by atoms with Crippen LogP contribution in [0.5, 0.6) is 0 Å². The van der Waals surface area contributed by atoms with Gasteiger partial charge < -0.3 is 0 Å². The van der Waals surface area contributed by atoms with Gasteiger partial charge in [0.05, 0.1) is 16.3 Å². The molecule has 0 saturated carbocycles. The maximum absolute atomic E-state index is 12.3. The second-order valence-electron chi connectivity index (χ2n) is 3.96. The van der Waals surface area contributed by atoms with Gasteiger partial charge in [-0.15, -0.1) is 0 Å². The number of hydrogen-bond donors (Lipinski definition) is 0. The Balaban J connectivity index is 2.65. The first-order valence-electron chi connectivity index (χ1n) is 5.28. The molecular weight excluding hydrogens is 236 g/mol. The van der Waals surface area contributed by atoms with Gasteiger partial charge in [0, 0.05) is 0 Å². The maximum atomic E-state index is 12.3. The predicted octanol–water partition coefficient (Wildman–Crippen LogP) is 2.05. The Hall–Kier alpha value is -1.62. The van der Waals surface area contributed by atoms with E-state index < -0.39 is 10.0 Å². The second kappa shape index (κ2) is 4.00. The van der Waals surface area contributed by atoms with E-state index in [9.17, 15) is 8.42 Å². The highest BCUT2D eigenvalue weighted by Gasteiger charge is 2.21. The molecule has 1 aromatic carbocycles. The fraction of sp³-hybridized carbons (Fsp3) is 0.250. The highest BCUT2D eigenvalue weighted by atomic mass is 32.2. The van der Waals surface area contributed by atoms with E-state index in [-0.39, 0.29) is 4.90 Å². The summed E-state index contributed by atoms with van der Waals surface area (Å²) < 4.78 is 25.7. The molecule has 2 rings (SSSR count). The molecular formula is C12H14N2O2S. The average Bonchev–Trinajstić information content (AvgIpc) is 2.59. The van der Waals surface area contributed by atoms with Gasteiger partial charge in [-0.05, 0) is 38.5 Å². The van der Waals surface area contributed by atoms with Crippen molar-refractivity contribution in [1.82, 2.24) is 9.19 Å². The lowest BCUT2D eigenvalue weighted by Crippen LogP contribution is -2.16. The normalized spacial score (nSPS) is 11.7. The third-order valence-electron chi connectivity index (χ3n) is 2.88. The van der Waals surface area contributed by atoms with Crippen molar-refractivity contribution in [2.45, 2.75) is 25.7 Å². The van der Waals surface area contributed by atoms with Crippen molar-refractivity contribution in [3.63, 3.8) is 0 Å². The Morgan fingerprint density at radius 2 is 1.65 bits per heavy atom. The SMILES string of the molecule is Cc1nn(S(=O)(=O)c2ccccc2)c(C)c1C. The molecule has 1 heterocycles. The summed E-state index contributed by atoms with van der Waals surface area (Å²) in [5, 5.41) is 4.09. The molecule has 2 aromatic rings. The molecule has 0 N–H and O–H groups in total. The van der Waals surface area contributed by atoms with Crippen LogP contribution >= 0.6 is 0 Å². The van der Waals surface area contributed by atoms with Crippen molar-refractivity contribution < 1.29 is 8.42 Å². The number of aryl methyl sites for hydroxylation is 1. The van der Waals surface area contributed by atoms with Crippen molar-refractivity contribution in [2.75, 3.05) is 0 Å². The smallest absolute Gasteiger partial charge is 0.199 e. The van der Waals surface area contributed by atoms with Crippen molar-refractivity contribution in [2.24, 2.45) is 0 Å². The van der Waals surface area contributed by atoms with E-state index in [1.165, 1.54) is 0 Å². The first-order chi connectivity index (χ1) is 7.94. The van der Waals surface area contributed by atoms with Crippen LogP contribution in [0.1, 0.15) is 17.0 Å². The lowest BCUT2D eigenvalue weighted by molar-refractivity contribution is 0.577. The zero-order valence-corrected chi connectivity index (χ0v) is 10.8. The summed E-state index contributed by atoms with van der Waals surface area (Å²) in [7, 11) is -3.57. The standard InChI is InChI=1S/C12H14N2O2S/c1-9-10(2)13-14(11(9)3)17(15,16)12-7-5-4-6-8-12/h4-8H,1-3H3. The Morgan fingerprint density at radius 3 is 2.12 bits per heavy atom. The molecule has 0 fully saturated rings. The third-order valence-corrected chi connectivity index (χ3v) is 4.56. The van der Waals surface area contributed by atoms with Crippen LogP contribution in [0.3, 0.4) is 0 Å². The predicted molar refractivity (Wildman–Crippen MR) is 65.5 cm³/mol. The summed E-state index contributed by atoms with van der Waals surface area (Å²) in [6.07, 6.45) is 0. The summed E-state index contributed by atoms with van der Waals surface area (Å²) in [6, 6.07) is 8.32. The first-order valence-corrected chi connectivity index (χ1v) is 6.72. The van der Waals surface area contributed by atoms with Gasteiger partial charge in [0.2, 0.25) is 0 Å². The molecule has 0 atom stereocenters. The molecule has 0 aliphatic rings.